The summed E-state index contributed by atoms with van der Waals surface area (Å²) < 4.78 is 48.3. The number of benzene rings is 1. The van der Waals surface area contributed by atoms with Gasteiger partial charge in [-0.25, -0.2) is 4.79 Å². The fourth-order valence-corrected chi connectivity index (χ4v) is 5.50. The molecule has 0 aliphatic carbocycles. The maximum absolute atomic E-state index is 12.9. The number of nitrogens with zero attached hydrogens (tertiary/aromatic N) is 1. The first-order chi connectivity index (χ1) is 13.4. The number of hydrogen-bond donors (Lipinski definition) is 2. The van der Waals surface area contributed by atoms with Gasteiger partial charge >= 0.3 is 12.5 Å². The van der Waals surface area contributed by atoms with E-state index >= 15 is 0 Å². The minimum atomic E-state index is -4.86. The second-order valence-electron chi connectivity index (χ2n) is 8.01. The largest absolute Gasteiger partial charge is 0.573 e. The molecule has 3 rings (SSSR count). The fraction of sp³-hybridized carbons (Fsp3) is 0.500. The van der Waals surface area contributed by atoms with E-state index in [1.54, 1.807) is 6.07 Å². The molecule has 1 aromatic carbocycles. The molecular weight excluding hydrogens is 429 g/mol. The van der Waals surface area contributed by atoms with E-state index in [0.29, 0.717) is 18.4 Å². The molecule has 11 heteroatoms. The van der Waals surface area contributed by atoms with Crippen LogP contribution >= 0.6 is 11.6 Å². The van der Waals surface area contributed by atoms with Gasteiger partial charge in [0.05, 0.1) is 32.8 Å². The molecule has 1 saturated heterocycles. The number of carbonyl (C=O) groups is 1. The van der Waals surface area contributed by atoms with Gasteiger partial charge in [-0.05, 0) is 18.1 Å². The van der Waals surface area contributed by atoms with E-state index in [9.17, 15) is 23.1 Å². The van der Waals surface area contributed by atoms with Crippen molar-refractivity contribution in [2.75, 3.05) is 19.8 Å². The smallest absolute Gasteiger partial charge is 0.465 e. The minimum Gasteiger partial charge on any atom is -0.465 e. The Hall–Kier alpha value is -1.91. The molecule has 2 heterocycles. The summed E-state index contributed by atoms with van der Waals surface area (Å²) >= 11 is 6.09. The molecule has 1 aliphatic heterocycles. The van der Waals surface area contributed by atoms with E-state index < -0.39 is 32.3 Å². The van der Waals surface area contributed by atoms with Crippen molar-refractivity contribution in [1.82, 2.24) is 9.88 Å². The Bertz CT molecular complexity index is 926. The van der Waals surface area contributed by atoms with Gasteiger partial charge in [0.1, 0.15) is 0 Å². The summed E-state index contributed by atoms with van der Waals surface area (Å²) in [6.07, 6.45) is -5.61. The Morgan fingerprint density at radius 3 is 2.69 bits per heavy atom. The molecule has 1 fully saturated rings. The normalized spacial score (nSPS) is 18.3. The fourth-order valence-electron chi connectivity index (χ4n) is 3.65. The van der Waals surface area contributed by atoms with Crippen LogP contribution < -0.4 is 10.1 Å². The van der Waals surface area contributed by atoms with Gasteiger partial charge in [0.15, 0.2) is 5.75 Å². The maximum Gasteiger partial charge on any atom is 0.573 e. The van der Waals surface area contributed by atoms with Gasteiger partial charge in [-0.1, -0.05) is 31.2 Å². The number of fused-ring (bicyclic) bond motifs is 1. The predicted octanol–water partition coefficient (Wildman–Crippen LogP) is 4.19. The molecule has 1 atom stereocenters. The van der Waals surface area contributed by atoms with Gasteiger partial charge in [0.25, 0.3) is 0 Å². The molecule has 1 aliphatic rings. The summed E-state index contributed by atoms with van der Waals surface area (Å²) in [5, 5.41) is 10.9. The summed E-state index contributed by atoms with van der Waals surface area (Å²) in [6.45, 7) is 6.94. The number of H-pyrrole nitrogens is 1. The van der Waals surface area contributed by atoms with E-state index in [0.717, 1.165) is 16.9 Å². The average molecular weight is 451 g/mol. The van der Waals surface area contributed by atoms with Gasteiger partial charge in [0.2, 0.25) is 0 Å². The highest BCUT2D eigenvalue weighted by Gasteiger charge is 2.35. The number of halogens is 4. The third kappa shape index (κ3) is 4.81. The first-order valence-corrected chi connectivity index (χ1v) is 12.9. The molecule has 1 amide bonds. The van der Waals surface area contributed by atoms with Gasteiger partial charge in [0, 0.05) is 28.3 Å². The van der Waals surface area contributed by atoms with Crippen LogP contribution in [0.2, 0.25) is 24.7 Å². The number of morpholine rings is 1. The van der Waals surface area contributed by atoms with Crippen LogP contribution in [0.5, 0.6) is 5.75 Å². The van der Waals surface area contributed by atoms with Crippen molar-refractivity contribution >= 4 is 42.0 Å². The Kier molecular flexibility index (Phi) is 5.81. The lowest BCUT2D eigenvalue weighted by molar-refractivity contribution is -0.274. The molecule has 6 nitrogen and oxygen atoms in total. The molecule has 0 bridgehead atoms. The first kappa shape index (κ1) is 21.8. The summed E-state index contributed by atoms with van der Waals surface area (Å²) in [5.74, 6) is -0.402. The second kappa shape index (κ2) is 7.73. The van der Waals surface area contributed by atoms with Crippen molar-refractivity contribution in [3.8, 4) is 5.75 Å². The van der Waals surface area contributed by atoms with Crippen LogP contribution in [-0.2, 0) is 11.2 Å². The van der Waals surface area contributed by atoms with Gasteiger partial charge in [-0.15, -0.1) is 13.2 Å². The van der Waals surface area contributed by atoms with Crippen molar-refractivity contribution in [3.05, 3.63) is 22.7 Å². The second-order valence-corrected chi connectivity index (χ2v) is 13.4. The number of ether oxygens (including phenoxy) is 2. The van der Waals surface area contributed by atoms with Gasteiger partial charge in [-0.2, -0.15) is 0 Å². The average Bonchev–Trinajstić information content (AvgIpc) is 2.92. The van der Waals surface area contributed by atoms with Crippen LogP contribution in [0.1, 0.15) is 5.56 Å². The number of carboxylic acid groups (broad SMARTS) is 1. The highest BCUT2D eigenvalue weighted by atomic mass is 35.5. The summed E-state index contributed by atoms with van der Waals surface area (Å²) in [5.41, 5.74) is 0.966. The summed E-state index contributed by atoms with van der Waals surface area (Å²) in [4.78, 5) is 16.0. The SMILES string of the molecule is C[Si](C)(C)c1[nH]c2c(OC(F)(F)F)cc(Cl)cc2c1C[C@H]1COCCN1C(=O)O. The maximum atomic E-state index is 12.9. The van der Waals surface area contributed by atoms with E-state index in [-0.39, 0.29) is 23.7 Å². The quantitative estimate of drug-likeness (QED) is 0.685. The van der Waals surface area contributed by atoms with E-state index in [1.165, 1.54) is 4.90 Å². The standard InChI is InChI=1S/C18H22ClF3N2O4Si/c1-29(2,3)16-13(8-11-9-27-5-4-24(11)17(25)26)12-6-10(19)7-14(15(12)23-16)28-18(20,21)22/h6-7,11,23H,4-5,8-9H2,1-3H3,(H,25,26)/t11-/m0/s1. The summed E-state index contributed by atoms with van der Waals surface area (Å²) in [6, 6.07) is 2.27. The Balaban J connectivity index is 2.15. The van der Waals surface area contributed by atoms with E-state index in [2.05, 4.69) is 29.4 Å². The Labute approximate surface area is 171 Å². The number of rotatable bonds is 4. The molecule has 0 saturated carbocycles. The lowest BCUT2D eigenvalue weighted by Gasteiger charge is -2.34. The lowest BCUT2D eigenvalue weighted by atomic mass is 10.0. The van der Waals surface area contributed by atoms with Crippen LogP contribution in [0.25, 0.3) is 10.9 Å². The van der Waals surface area contributed by atoms with Crippen LogP contribution in [0.4, 0.5) is 18.0 Å². The van der Waals surface area contributed by atoms with Crippen LogP contribution in [-0.4, -0.2) is 61.3 Å². The number of aromatic nitrogens is 1. The zero-order chi connectivity index (χ0) is 21.6. The Morgan fingerprint density at radius 1 is 1.41 bits per heavy atom. The molecule has 29 heavy (non-hydrogen) atoms. The van der Waals surface area contributed by atoms with Crippen LogP contribution in [0.15, 0.2) is 12.1 Å². The molecule has 160 valence electrons. The zero-order valence-corrected chi connectivity index (χ0v) is 17.9. The lowest BCUT2D eigenvalue weighted by Crippen LogP contribution is -2.50. The third-order valence-electron chi connectivity index (χ3n) is 4.83. The molecule has 0 spiro atoms. The monoisotopic (exact) mass is 450 g/mol. The van der Waals surface area contributed by atoms with Crippen LogP contribution in [0.3, 0.4) is 0 Å². The number of aromatic amines is 1. The van der Waals surface area contributed by atoms with Crippen molar-refractivity contribution < 1.29 is 32.5 Å². The molecule has 1 aromatic heterocycles. The molecular formula is C18H22ClF3N2O4Si. The summed E-state index contributed by atoms with van der Waals surface area (Å²) in [7, 11) is -2.04. The molecule has 0 unspecified atom stereocenters. The highest BCUT2D eigenvalue weighted by Crippen LogP contribution is 2.35. The van der Waals surface area contributed by atoms with Crippen LogP contribution in [0, 0.1) is 0 Å². The minimum absolute atomic E-state index is 0.106. The van der Waals surface area contributed by atoms with Crippen molar-refractivity contribution in [3.63, 3.8) is 0 Å². The number of alkyl halides is 3. The number of nitrogens with one attached hydrogen (secondary N) is 1. The third-order valence-corrected chi connectivity index (χ3v) is 6.98. The van der Waals surface area contributed by atoms with Crippen molar-refractivity contribution in [1.29, 1.82) is 0 Å². The topological polar surface area (TPSA) is 74.8 Å². The zero-order valence-electron chi connectivity index (χ0n) is 16.2. The predicted molar refractivity (Wildman–Crippen MR) is 106 cm³/mol. The van der Waals surface area contributed by atoms with Crippen molar-refractivity contribution in [2.45, 2.75) is 38.5 Å². The van der Waals surface area contributed by atoms with E-state index in [4.69, 9.17) is 16.3 Å². The van der Waals surface area contributed by atoms with Gasteiger partial charge in [-0.3, -0.25) is 0 Å². The van der Waals surface area contributed by atoms with Crippen molar-refractivity contribution in [2.24, 2.45) is 0 Å². The number of hydrogen-bond acceptors (Lipinski definition) is 3. The molecule has 2 aromatic rings. The number of amides is 1. The molecule has 0 radical (unpaired) electrons. The highest BCUT2D eigenvalue weighted by molar-refractivity contribution is 6.88. The first-order valence-electron chi connectivity index (χ1n) is 9.04. The van der Waals surface area contributed by atoms with E-state index in [1.807, 2.05) is 0 Å². The van der Waals surface area contributed by atoms with Gasteiger partial charge < -0.3 is 24.5 Å². The Morgan fingerprint density at radius 2 is 2.10 bits per heavy atom. The molecule has 2 N–H and O–H groups in total.